The molecule has 0 unspecified atom stereocenters. The van der Waals surface area contributed by atoms with E-state index in [-0.39, 0.29) is 11.7 Å². The van der Waals surface area contributed by atoms with Gasteiger partial charge in [0.1, 0.15) is 5.82 Å². The minimum Gasteiger partial charge on any atom is -0.369 e. The number of allylic oxidation sites excluding steroid dienone is 2. The molecular formula is C15H20FNO. The van der Waals surface area contributed by atoms with Crippen molar-refractivity contribution >= 4 is 11.5 Å². The average Bonchev–Trinajstić information content (AvgIpc) is 2.28. The maximum atomic E-state index is 12.5. The lowest BCUT2D eigenvalue weighted by Crippen LogP contribution is -2.09. The normalized spacial score (nSPS) is 10.3. The standard InChI is InChI=1S/C9H9F.C6H11NO/c1-7(2)8-4-3-5-9(10)6-8;1-3-5(2)4-6(7)8/h3-6H,1H2,2H3;3H,4H2,1-2H3,(H2,7,8)/b;5-3+. The molecule has 2 nitrogen and oxygen atoms in total. The topological polar surface area (TPSA) is 43.1 Å². The van der Waals surface area contributed by atoms with Gasteiger partial charge in [0.25, 0.3) is 0 Å². The molecule has 98 valence electrons. The van der Waals surface area contributed by atoms with Crippen LogP contribution in [-0.2, 0) is 4.79 Å². The first-order chi connectivity index (χ1) is 8.36. The third-order valence-electron chi connectivity index (χ3n) is 2.26. The number of carbonyl (C=O) groups is 1. The zero-order valence-corrected chi connectivity index (χ0v) is 11.2. The monoisotopic (exact) mass is 249 g/mol. The van der Waals surface area contributed by atoms with Crippen molar-refractivity contribution in [2.75, 3.05) is 0 Å². The van der Waals surface area contributed by atoms with E-state index < -0.39 is 0 Å². The Balaban J connectivity index is 0.000000331. The highest BCUT2D eigenvalue weighted by Gasteiger charge is 1.93. The molecule has 18 heavy (non-hydrogen) atoms. The molecule has 1 aromatic rings. The van der Waals surface area contributed by atoms with Crippen LogP contribution in [0.25, 0.3) is 5.57 Å². The number of halogens is 1. The van der Waals surface area contributed by atoms with E-state index in [1.54, 1.807) is 6.07 Å². The van der Waals surface area contributed by atoms with Gasteiger partial charge < -0.3 is 5.73 Å². The van der Waals surface area contributed by atoms with E-state index in [0.717, 1.165) is 16.7 Å². The summed E-state index contributed by atoms with van der Waals surface area (Å²) in [5, 5.41) is 0. The third-order valence-corrected chi connectivity index (χ3v) is 2.26. The van der Waals surface area contributed by atoms with Crippen molar-refractivity contribution in [2.45, 2.75) is 27.2 Å². The number of rotatable bonds is 3. The van der Waals surface area contributed by atoms with E-state index in [9.17, 15) is 9.18 Å². The molecule has 1 aromatic carbocycles. The van der Waals surface area contributed by atoms with Crippen LogP contribution in [0.1, 0.15) is 32.8 Å². The second-order valence-corrected chi connectivity index (χ2v) is 4.07. The zero-order valence-electron chi connectivity index (χ0n) is 11.2. The fourth-order valence-corrected chi connectivity index (χ4v) is 1.13. The van der Waals surface area contributed by atoms with Crippen LogP contribution >= 0.6 is 0 Å². The molecule has 0 heterocycles. The Bertz CT molecular complexity index is 450. The quantitative estimate of drug-likeness (QED) is 0.816. The second kappa shape index (κ2) is 8.23. The van der Waals surface area contributed by atoms with Crippen molar-refractivity contribution in [1.29, 1.82) is 0 Å². The molecule has 0 aliphatic rings. The summed E-state index contributed by atoms with van der Waals surface area (Å²) < 4.78 is 12.5. The van der Waals surface area contributed by atoms with Gasteiger partial charge in [-0.05, 0) is 38.5 Å². The van der Waals surface area contributed by atoms with Crippen LogP contribution in [-0.4, -0.2) is 5.91 Å². The molecule has 0 saturated carbocycles. The maximum absolute atomic E-state index is 12.5. The number of hydrogen-bond donors (Lipinski definition) is 1. The fourth-order valence-electron chi connectivity index (χ4n) is 1.13. The molecule has 0 radical (unpaired) electrons. The van der Waals surface area contributed by atoms with E-state index in [4.69, 9.17) is 5.73 Å². The first kappa shape index (κ1) is 16.1. The summed E-state index contributed by atoms with van der Waals surface area (Å²) >= 11 is 0. The maximum Gasteiger partial charge on any atom is 0.221 e. The van der Waals surface area contributed by atoms with E-state index in [0.29, 0.717) is 6.42 Å². The highest BCUT2D eigenvalue weighted by molar-refractivity contribution is 5.76. The molecule has 3 heteroatoms. The summed E-state index contributed by atoms with van der Waals surface area (Å²) in [6.45, 7) is 9.32. The van der Waals surface area contributed by atoms with Gasteiger partial charge in [-0.1, -0.05) is 35.9 Å². The van der Waals surface area contributed by atoms with Gasteiger partial charge in [-0.25, -0.2) is 4.39 Å². The molecule has 0 bridgehead atoms. The molecule has 0 fully saturated rings. The van der Waals surface area contributed by atoms with Gasteiger partial charge in [0.15, 0.2) is 0 Å². The summed E-state index contributed by atoms with van der Waals surface area (Å²) in [7, 11) is 0. The molecule has 0 atom stereocenters. The molecular weight excluding hydrogens is 229 g/mol. The van der Waals surface area contributed by atoms with Crippen molar-refractivity contribution in [3.8, 4) is 0 Å². The van der Waals surface area contributed by atoms with Gasteiger partial charge in [0.2, 0.25) is 5.91 Å². The van der Waals surface area contributed by atoms with Crippen molar-refractivity contribution < 1.29 is 9.18 Å². The van der Waals surface area contributed by atoms with Crippen molar-refractivity contribution in [1.82, 2.24) is 0 Å². The molecule has 1 rings (SSSR count). The van der Waals surface area contributed by atoms with Crippen LogP contribution in [0.4, 0.5) is 4.39 Å². The molecule has 1 amide bonds. The average molecular weight is 249 g/mol. The van der Waals surface area contributed by atoms with Crippen LogP contribution in [0, 0.1) is 5.82 Å². The van der Waals surface area contributed by atoms with Crippen LogP contribution in [0.15, 0.2) is 42.5 Å². The van der Waals surface area contributed by atoms with Gasteiger partial charge in [0, 0.05) is 6.42 Å². The van der Waals surface area contributed by atoms with Gasteiger partial charge in [-0.2, -0.15) is 0 Å². The largest absolute Gasteiger partial charge is 0.369 e. The van der Waals surface area contributed by atoms with E-state index in [2.05, 4.69) is 6.58 Å². The van der Waals surface area contributed by atoms with Gasteiger partial charge in [0.05, 0.1) is 0 Å². The first-order valence-corrected chi connectivity index (χ1v) is 5.68. The van der Waals surface area contributed by atoms with Crippen LogP contribution in [0.2, 0.25) is 0 Å². The van der Waals surface area contributed by atoms with Crippen molar-refractivity contribution in [3.63, 3.8) is 0 Å². The van der Waals surface area contributed by atoms with Crippen molar-refractivity contribution in [3.05, 3.63) is 53.9 Å². The predicted octanol–water partition coefficient (Wildman–Crippen LogP) is 3.69. The SMILES string of the molecule is C/C=C(\C)CC(N)=O.C=C(C)c1cccc(F)c1. The molecule has 0 aliphatic carbocycles. The number of benzene rings is 1. The summed E-state index contributed by atoms with van der Waals surface area (Å²) in [6.07, 6.45) is 2.27. The van der Waals surface area contributed by atoms with Gasteiger partial charge >= 0.3 is 0 Å². The van der Waals surface area contributed by atoms with Crippen LogP contribution in [0.5, 0.6) is 0 Å². The van der Waals surface area contributed by atoms with E-state index in [1.807, 2.05) is 32.9 Å². The molecule has 0 aliphatic heterocycles. The lowest BCUT2D eigenvalue weighted by molar-refractivity contribution is -0.117. The Morgan fingerprint density at radius 2 is 2.06 bits per heavy atom. The molecule has 0 aromatic heterocycles. The molecule has 2 N–H and O–H groups in total. The summed E-state index contributed by atoms with van der Waals surface area (Å²) in [5.41, 5.74) is 7.66. The number of primary amides is 1. The highest BCUT2D eigenvalue weighted by atomic mass is 19.1. The Morgan fingerprint density at radius 1 is 1.44 bits per heavy atom. The Labute approximate surface area is 108 Å². The lowest BCUT2D eigenvalue weighted by atomic mass is 10.1. The number of hydrogen-bond acceptors (Lipinski definition) is 1. The summed E-state index contributed by atoms with van der Waals surface area (Å²) in [4.78, 5) is 10.2. The minimum atomic E-state index is -0.263. The number of amides is 1. The molecule has 0 spiro atoms. The first-order valence-electron chi connectivity index (χ1n) is 5.68. The summed E-state index contributed by atoms with van der Waals surface area (Å²) in [5.74, 6) is -0.471. The third kappa shape index (κ3) is 7.39. The van der Waals surface area contributed by atoms with Gasteiger partial charge in [-0.15, -0.1) is 0 Å². The number of carbonyl (C=O) groups excluding carboxylic acids is 1. The molecule has 0 saturated heterocycles. The van der Waals surface area contributed by atoms with Crippen LogP contribution < -0.4 is 5.73 Å². The second-order valence-electron chi connectivity index (χ2n) is 4.07. The van der Waals surface area contributed by atoms with Gasteiger partial charge in [-0.3, -0.25) is 4.79 Å². The predicted molar refractivity (Wildman–Crippen MR) is 74.4 cm³/mol. The van der Waals surface area contributed by atoms with E-state index in [1.165, 1.54) is 12.1 Å². The zero-order chi connectivity index (χ0) is 14.1. The lowest BCUT2D eigenvalue weighted by Gasteiger charge is -1.96. The van der Waals surface area contributed by atoms with Crippen LogP contribution in [0.3, 0.4) is 0 Å². The van der Waals surface area contributed by atoms with Crippen molar-refractivity contribution in [2.24, 2.45) is 5.73 Å². The Kier molecular flexibility index (Phi) is 7.36. The fraction of sp³-hybridized carbons (Fsp3) is 0.267. The summed E-state index contributed by atoms with van der Waals surface area (Å²) in [6, 6.07) is 6.42. The Morgan fingerprint density at radius 3 is 2.33 bits per heavy atom. The number of nitrogens with two attached hydrogens (primary N) is 1. The van der Waals surface area contributed by atoms with E-state index >= 15 is 0 Å². The minimum absolute atomic E-state index is 0.208. The Hall–Kier alpha value is -1.90. The smallest absolute Gasteiger partial charge is 0.221 e. The highest BCUT2D eigenvalue weighted by Crippen LogP contribution is 2.11.